The standard InChI is InChI=1S/C26H21Cl2N5O/c1-31-24(30-33(25(31)34)21-12-10-20(28)11-13-21)32-16-26(15-14-17-4-2-3-5-22(17)26)23(29-32)18-6-8-19(27)9-7-18/h2-13H,14-16H2,1H3/t26-/m0/s1. The van der Waals surface area contributed by atoms with E-state index in [0.717, 1.165) is 24.1 Å². The predicted octanol–water partition coefficient (Wildman–Crippen LogP) is 4.99. The Labute approximate surface area is 206 Å². The number of nitrogens with zero attached hydrogens (tertiary/aromatic N) is 5. The molecule has 1 aliphatic carbocycles. The molecule has 0 radical (unpaired) electrons. The van der Waals surface area contributed by atoms with E-state index >= 15 is 0 Å². The third-order valence-corrected chi connectivity index (χ3v) is 7.33. The number of aromatic nitrogens is 3. The van der Waals surface area contributed by atoms with Gasteiger partial charge in [0.1, 0.15) is 0 Å². The fourth-order valence-corrected chi connectivity index (χ4v) is 5.39. The first-order valence-corrected chi connectivity index (χ1v) is 11.8. The number of aryl methyl sites for hydroxylation is 1. The molecule has 2 aliphatic rings. The van der Waals surface area contributed by atoms with Crippen LogP contribution in [0.2, 0.25) is 10.0 Å². The molecule has 0 amide bonds. The van der Waals surface area contributed by atoms with Crippen LogP contribution in [0.5, 0.6) is 0 Å². The van der Waals surface area contributed by atoms with Crippen LogP contribution in [0.15, 0.2) is 82.7 Å². The van der Waals surface area contributed by atoms with E-state index in [0.29, 0.717) is 28.2 Å². The molecule has 0 saturated heterocycles. The number of hydrogen-bond acceptors (Lipinski definition) is 4. The SMILES string of the molecule is Cn1c(N2C[C@]3(CCc4ccccc43)C(c3ccc(Cl)cc3)=N2)nn(-c2ccc(Cl)cc2)c1=O. The van der Waals surface area contributed by atoms with Crippen molar-refractivity contribution in [2.45, 2.75) is 18.3 Å². The summed E-state index contributed by atoms with van der Waals surface area (Å²) in [6.45, 7) is 0.604. The van der Waals surface area contributed by atoms with Crippen LogP contribution in [-0.4, -0.2) is 26.6 Å². The number of benzene rings is 3. The summed E-state index contributed by atoms with van der Waals surface area (Å²) in [5, 5.41) is 12.9. The normalized spacial score (nSPS) is 19.0. The summed E-state index contributed by atoms with van der Waals surface area (Å²) >= 11 is 12.2. The molecule has 1 atom stereocenters. The molecule has 1 spiro atoms. The second-order valence-corrected chi connectivity index (χ2v) is 9.66. The van der Waals surface area contributed by atoms with Crippen molar-refractivity contribution in [3.8, 4) is 5.69 Å². The lowest BCUT2D eigenvalue weighted by molar-refractivity contribution is 0.582. The van der Waals surface area contributed by atoms with E-state index in [1.807, 2.05) is 29.3 Å². The third kappa shape index (κ3) is 3.21. The monoisotopic (exact) mass is 489 g/mol. The van der Waals surface area contributed by atoms with E-state index < -0.39 is 0 Å². The van der Waals surface area contributed by atoms with Gasteiger partial charge in [-0.15, -0.1) is 5.10 Å². The van der Waals surface area contributed by atoms with Crippen LogP contribution in [0.25, 0.3) is 5.69 Å². The zero-order valence-corrected chi connectivity index (χ0v) is 20.0. The van der Waals surface area contributed by atoms with Crippen LogP contribution in [0.1, 0.15) is 23.1 Å². The summed E-state index contributed by atoms with van der Waals surface area (Å²) in [4.78, 5) is 13.1. The topological polar surface area (TPSA) is 55.4 Å². The van der Waals surface area contributed by atoms with E-state index in [4.69, 9.17) is 28.3 Å². The highest BCUT2D eigenvalue weighted by molar-refractivity contribution is 6.31. The molecule has 8 heteroatoms. The predicted molar refractivity (Wildman–Crippen MR) is 136 cm³/mol. The van der Waals surface area contributed by atoms with Crippen molar-refractivity contribution in [1.82, 2.24) is 14.3 Å². The van der Waals surface area contributed by atoms with Gasteiger partial charge in [-0.3, -0.25) is 4.57 Å². The molecule has 0 unspecified atom stereocenters. The Morgan fingerprint density at radius 2 is 1.59 bits per heavy atom. The molecule has 1 aromatic heterocycles. The molecule has 0 N–H and O–H groups in total. The highest BCUT2D eigenvalue weighted by Crippen LogP contribution is 2.46. The summed E-state index contributed by atoms with van der Waals surface area (Å²) in [5.41, 5.74) is 4.74. The van der Waals surface area contributed by atoms with Crippen LogP contribution < -0.4 is 10.7 Å². The second-order valence-electron chi connectivity index (χ2n) is 8.78. The summed E-state index contributed by atoms with van der Waals surface area (Å²) < 4.78 is 2.92. The molecule has 0 fully saturated rings. The number of hydrogen-bond donors (Lipinski definition) is 0. The zero-order valence-electron chi connectivity index (χ0n) is 18.4. The molecule has 2 heterocycles. The lowest BCUT2D eigenvalue weighted by Crippen LogP contribution is -2.37. The number of hydrazone groups is 1. The van der Waals surface area contributed by atoms with Crippen molar-refractivity contribution in [3.63, 3.8) is 0 Å². The van der Waals surface area contributed by atoms with Crippen LogP contribution in [0.4, 0.5) is 5.95 Å². The van der Waals surface area contributed by atoms with Crippen molar-refractivity contribution < 1.29 is 0 Å². The van der Waals surface area contributed by atoms with E-state index in [1.54, 1.807) is 31.3 Å². The van der Waals surface area contributed by atoms with Gasteiger partial charge < -0.3 is 0 Å². The average molecular weight is 490 g/mol. The molecule has 3 aromatic carbocycles. The maximum atomic E-state index is 13.1. The van der Waals surface area contributed by atoms with Crippen molar-refractivity contribution in [2.24, 2.45) is 12.1 Å². The molecule has 34 heavy (non-hydrogen) atoms. The van der Waals surface area contributed by atoms with Crippen LogP contribution >= 0.6 is 23.2 Å². The highest BCUT2D eigenvalue weighted by Gasteiger charge is 2.49. The lowest BCUT2D eigenvalue weighted by Gasteiger charge is -2.27. The fraction of sp³-hybridized carbons (Fsp3) is 0.192. The van der Waals surface area contributed by atoms with E-state index in [2.05, 4.69) is 29.4 Å². The molecular formula is C26H21Cl2N5O. The maximum absolute atomic E-state index is 13.1. The van der Waals surface area contributed by atoms with Gasteiger partial charge in [-0.25, -0.2) is 9.80 Å². The van der Waals surface area contributed by atoms with Crippen molar-refractivity contribution in [2.75, 3.05) is 11.6 Å². The van der Waals surface area contributed by atoms with Crippen molar-refractivity contribution in [3.05, 3.63) is 110 Å². The van der Waals surface area contributed by atoms with Gasteiger partial charge in [-0.05, 0) is 65.9 Å². The third-order valence-electron chi connectivity index (χ3n) is 6.83. The first-order valence-electron chi connectivity index (χ1n) is 11.1. The Morgan fingerprint density at radius 1 is 0.912 bits per heavy atom. The van der Waals surface area contributed by atoms with E-state index in [-0.39, 0.29) is 11.1 Å². The van der Waals surface area contributed by atoms with Gasteiger partial charge in [0.25, 0.3) is 0 Å². The minimum Gasteiger partial charge on any atom is -0.263 e. The second kappa shape index (κ2) is 7.86. The molecule has 6 nitrogen and oxygen atoms in total. The molecule has 170 valence electrons. The number of anilines is 1. The largest absolute Gasteiger partial charge is 0.351 e. The summed E-state index contributed by atoms with van der Waals surface area (Å²) in [7, 11) is 1.72. The summed E-state index contributed by atoms with van der Waals surface area (Å²) in [5.74, 6) is 0.493. The van der Waals surface area contributed by atoms with E-state index in [9.17, 15) is 4.79 Å². The molecule has 1 aliphatic heterocycles. The molecule has 4 aromatic rings. The minimum absolute atomic E-state index is 0.242. The summed E-state index contributed by atoms with van der Waals surface area (Å²) in [6.07, 6.45) is 1.92. The van der Waals surface area contributed by atoms with Gasteiger partial charge >= 0.3 is 5.69 Å². The Balaban J connectivity index is 1.49. The average Bonchev–Trinajstić information content (AvgIpc) is 3.51. The maximum Gasteiger partial charge on any atom is 0.351 e. The molecule has 0 bridgehead atoms. The van der Waals surface area contributed by atoms with Gasteiger partial charge in [0.05, 0.1) is 23.4 Å². The van der Waals surface area contributed by atoms with Crippen molar-refractivity contribution in [1.29, 1.82) is 0 Å². The lowest BCUT2D eigenvalue weighted by atomic mass is 9.75. The smallest absolute Gasteiger partial charge is 0.263 e. The quantitative estimate of drug-likeness (QED) is 0.407. The fourth-order valence-electron chi connectivity index (χ4n) is 5.14. The van der Waals surface area contributed by atoms with Crippen LogP contribution in [0, 0.1) is 0 Å². The Morgan fingerprint density at radius 3 is 2.32 bits per heavy atom. The van der Waals surface area contributed by atoms with Gasteiger partial charge in [-0.1, -0.05) is 59.6 Å². The van der Waals surface area contributed by atoms with Gasteiger partial charge in [0.2, 0.25) is 5.95 Å². The highest BCUT2D eigenvalue weighted by atomic mass is 35.5. The molecule has 6 rings (SSSR count). The van der Waals surface area contributed by atoms with Gasteiger partial charge in [0, 0.05) is 17.1 Å². The van der Waals surface area contributed by atoms with Crippen LogP contribution in [-0.2, 0) is 18.9 Å². The number of fused-ring (bicyclic) bond motifs is 2. The van der Waals surface area contributed by atoms with Crippen molar-refractivity contribution >= 4 is 34.9 Å². The first kappa shape index (κ1) is 21.2. The van der Waals surface area contributed by atoms with Gasteiger partial charge in [0.15, 0.2) is 0 Å². The number of halogens is 2. The van der Waals surface area contributed by atoms with Gasteiger partial charge in [-0.2, -0.15) is 9.78 Å². The number of rotatable bonds is 3. The zero-order chi connectivity index (χ0) is 23.4. The Bertz CT molecular complexity index is 1490. The Kier molecular flexibility index (Phi) is 4.90. The minimum atomic E-state index is -0.287. The first-order chi connectivity index (χ1) is 16.5. The van der Waals surface area contributed by atoms with E-state index in [1.165, 1.54) is 20.4 Å². The molecular weight excluding hydrogens is 469 g/mol. The molecule has 0 saturated carbocycles. The van der Waals surface area contributed by atoms with Crippen LogP contribution in [0.3, 0.4) is 0 Å². The summed E-state index contributed by atoms with van der Waals surface area (Å²) in [6, 6.07) is 23.4. The Hall–Kier alpha value is -3.35.